The number of benzene rings is 2. The minimum atomic E-state index is -0.671. The topological polar surface area (TPSA) is 61.8 Å². The van der Waals surface area contributed by atoms with Gasteiger partial charge in [0, 0.05) is 0 Å². The lowest BCUT2D eigenvalue weighted by Gasteiger charge is -2.24. The number of halogens is 2. The number of carbonyl (C=O) groups excluding carboxylic acids is 2. The highest BCUT2D eigenvalue weighted by Gasteiger charge is 2.31. The fourth-order valence-corrected chi connectivity index (χ4v) is 2.88. The molecule has 1 aliphatic rings. The fourth-order valence-electron chi connectivity index (χ4n) is 2.39. The highest BCUT2D eigenvalue weighted by Crippen LogP contribution is 2.43. The molecule has 2 aromatic rings. The van der Waals surface area contributed by atoms with Crippen molar-refractivity contribution in [2.24, 2.45) is 0 Å². The molecule has 0 N–H and O–H groups in total. The van der Waals surface area contributed by atoms with Crippen LogP contribution in [-0.2, 0) is 4.74 Å². The van der Waals surface area contributed by atoms with Crippen molar-refractivity contribution in [3.63, 3.8) is 0 Å². The Balaban J connectivity index is 2.05. The van der Waals surface area contributed by atoms with E-state index in [1.165, 1.54) is 24.3 Å². The summed E-state index contributed by atoms with van der Waals surface area (Å²) in [4.78, 5) is 35.7. The summed E-state index contributed by atoms with van der Waals surface area (Å²) in [6, 6.07) is 7.65. The van der Waals surface area contributed by atoms with Crippen LogP contribution >= 0.6 is 23.2 Å². The summed E-state index contributed by atoms with van der Waals surface area (Å²) in [7, 11) is 0. The van der Waals surface area contributed by atoms with Gasteiger partial charge < -0.3 is 4.74 Å². The number of hydrogen-bond donors (Lipinski definition) is 0. The van der Waals surface area contributed by atoms with E-state index in [1.807, 2.05) is 6.92 Å². The molecule has 0 saturated heterocycles. The van der Waals surface area contributed by atoms with Gasteiger partial charge in [0.2, 0.25) is 11.5 Å². The summed E-state index contributed by atoms with van der Waals surface area (Å²) in [5.74, 6) is -0.714. The molecule has 26 heavy (non-hydrogen) atoms. The Labute approximate surface area is 160 Å². The van der Waals surface area contributed by atoms with Crippen LogP contribution in [0.1, 0.15) is 53.5 Å². The van der Waals surface area contributed by atoms with E-state index in [9.17, 15) is 9.59 Å². The summed E-state index contributed by atoms with van der Waals surface area (Å²) in [5.41, 5.74) is -0.416. The zero-order valence-electron chi connectivity index (χ0n) is 14.4. The van der Waals surface area contributed by atoms with Gasteiger partial charge in [-0.2, -0.15) is 0 Å². The van der Waals surface area contributed by atoms with Gasteiger partial charge in [-0.3, -0.25) is 14.6 Å². The molecule has 2 bridgehead atoms. The normalized spacial score (nSPS) is 12.3. The minimum absolute atomic E-state index is 0.0293. The average Bonchev–Trinajstić information content (AvgIpc) is 2.82. The summed E-state index contributed by atoms with van der Waals surface area (Å²) in [6.45, 7) is 5.49. The molecule has 0 radical (unpaired) electrons. The number of rotatable bonds is 5. The van der Waals surface area contributed by atoms with Gasteiger partial charge in [0.15, 0.2) is 5.78 Å². The van der Waals surface area contributed by atoms with E-state index in [0.717, 1.165) is 0 Å². The van der Waals surface area contributed by atoms with Gasteiger partial charge in [-0.15, -0.1) is 0 Å². The van der Waals surface area contributed by atoms with Crippen molar-refractivity contribution in [1.29, 1.82) is 0 Å². The largest absolute Gasteiger partial charge is 0.456 e. The molecule has 0 atom stereocenters. The number of fused-ring (bicyclic) bond motifs is 2. The minimum Gasteiger partial charge on any atom is -0.456 e. The van der Waals surface area contributed by atoms with Gasteiger partial charge in [0.05, 0.1) is 21.7 Å². The Bertz CT molecular complexity index is 905. The predicted molar refractivity (Wildman–Crippen MR) is 97.4 cm³/mol. The second-order valence-electron chi connectivity index (χ2n) is 6.42. The number of ketones is 1. The molecular formula is C19H16Cl2O5. The van der Waals surface area contributed by atoms with E-state index in [-0.39, 0.29) is 32.5 Å². The highest BCUT2D eigenvalue weighted by atomic mass is 35.5. The first-order valence-electron chi connectivity index (χ1n) is 7.98. The Kier molecular flexibility index (Phi) is 4.86. The zero-order chi connectivity index (χ0) is 19.1. The highest BCUT2D eigenvalue weighted by molar-refractivity contribution is 6.37. The lowest BCUT2D eigenvalue weighted by Crippen LogP contribution is -2.28. The maximum Gasteiger partial charge on any atom is 0.339 e. The first-order chi connectivity index (χ1) is 12.2. The standard InChI is InChI=1S/C19H16Cl2O5/c1-4-19(2,3)24-18(23)10-6-5-7-12(20)14(10)16(22)11-8-9-13-15(21)17(11)26-25-13/h5-9H,4H2,1-3H3. The van der Waals surface area contributed by atoms with Crippen LogP contribution in [0.15, 0.2) is 30.3 Å². The third-order valence-electron chi connectivity index (χ3n) is 4.20. The molecule has 0 aliphatic carbocycles. The third-order valence-corrected chi connectivity index (χ3v) is 4.87. The molecule has 5 nitrogen and oxygen atoms in total. The van der Waals surface area contributed by atoms with Crippen LogP contribution < -0.4 is 9.78 Å². The van der Waals surface area contributed by atoms with Crippen molar-refractivity contribution < 1.29 is 24.1 Å². The molecule has 0 fully saturated rings. The Hall–Kier alpha value is -2.24. The number of esters is 1. The van der Waals surface area contributed by atoms with E-state index < -0.39 is 17.4 Å². The molecule has 3 rings (SSSR count). The SMILES string of the molecule is CCC(C)(C)OC(=O)c1cccc(Cl)c1C(=O)c1ccc2c(Cl)c1OO2. The molecule has 136 valence electrons. The summed E-state index contributed by atoms with van der Waals surface area (Å²) >= 11 is 12.3. The van der Waals surface area contributed by atoms with Crippen LogP contribution in [0.4, 0.5) is 0 Å². The maximum absolute atomic E-state index is 13.1. The molecule has 0 saturated carbocycles. The second-order valence-corrected chi connectivity index (χ2v) is 7.20. The van der Waals surface area contributed by atoms with Gasteiger partial charge in [-0.05, 0) is 44.5 Å². The lowest BCUT2D eigenvalue weighted by atomic mass is 9.97. The smallest absolute Gasteiger partial charge is 0.339 e. The molecule has 0 unspecified atom stereocenters. The number of ether oxygens (including phenoxy) is 1. The van der Waals surface area contributed by atoms with Crippen LogP contribution in [0, 0.1) is 0 Å². The summed E-state index contributed by atoms with van der Waals surface area (Å²) in [6.07, 6.45) is 0.620. The first kappa shape index (κ1) is 18.5. The molecule has 0 amide bonds. The van der Waals surface area contributed by atoms with Crippen molar-refractivity contribution >= 4 is 35.0 Å². The molecule has 1 aliphatic heterocycles. The Morgan fingerprint density at radius 1 is 1.08 bits per heavy atom. The van der Waals surface area contributed by atoms with E-state index >= 15 is 0 Å². The van der Waals surface area contributed by atoms with Crippen LogP contribution in [0.25, 0.3) is 0 Å². The molecule has 1 heterocycles. The lowest BCUT2D eigenvalue weighted by molar-refractivity contribution is -0.0849. The van der Waals surface area contributed by atoms with E-state index in [1.54, 1.807) is 19.9 Å². The Morgan fingerprint density at radius 2 is 1.81 bits per heavy atom. The van der Waals surface area contributed by atoms with Crippen molar-refractivity contribution in [1.82, 2.24) is 0 Å². The van der Waals surface area contributed by atoms with Crippen LogP contribution in [-0.4, -0.2) is 17.4 Å². The zero-order valence-corrected chi connectivity index (χ0v) is 15.9. The quantitative estimate of drug-likeness (QED) is 0.393. The second kappa shape index (κ2) is 6.82. The van der Waals surface area contributed by atoms with Gasteiger partial charge in [0.25, 0.3) is 0 Å². The maximum atomic E-state index is 13.1. The monoisotopic (exact) mass is 394 g/mol. The summed E-state index contributed by atoms with van der Waals surface area (Å²) < 4.78 is 5.51. The van der Waals surface area contributed by atoms with Crippen molar-refractivity contribution in [3.8, 4) is 11.5 Å². The summed E-state index contributed by atoms with van der Waals surface area (Å²) in [5, 5.41) is 0.323. The van der Waals surface area contributed by atoms with E-state index in [4.69, 9.17) is 37.7 Å². The predicted octanol–water partition coefficient (Wildman–Crippen LogP) is 5.26. The third kappa shape index (κ3) is 3.24. The average molecular weight is 395 g/mol. The Morgan fingerprint density at radius 3 is 2.50 bits per heavy atom. The molecule has 0 aromatic heterocycles. The van der Waals surface area contributed by atoms with E-state index in [2.05, 4.69) is 0 Å². The number of hydrogen-bond acceptors (Lipinski definition) is 5. The molecule has 2 aromatic carbocycles. The van der Waals surface area contributed by atoms with Crippen molar-refractivity contribution in [2.45, 2.75) is 32.8 Å². The molecular weight excluding hydrogens is 379 g/mol. The van der Waals surface area contributed by atoms with Gasteiger partial charge in [0.1, 0.15) is 10.6 Å². The molecule has 0 spiro atoms. The van der Waals surface area contributed by atoms with Gasteiger partial charge in [-0.1, -0.05) is 36.2 Å². The van der Waals surface area contributed by atoms with E-state index in [0.29, 0.717) is 12.2 Å². The van der Waals surface area contributed by atoms with Crippen molar-refractivity contribution in [3.05, 3.63) is 57.1 Å². The number of carbonyl (C=O) groups is 2. The molecule has 7 heteroatoms. The van der Waals surface area contributed by atoms with Crippen LogP contribution in [0.2, 0.25) is 10.0 Å². The first-order valence-corrected chi connectivity index (χ1v) is 8.74. The van der Waals surface area contributed by atoms with Crippen molar-refractivity contribution in [2.75, 3.05) is 0 Å². The van der Waals surface area contributed by atoms with Gasteiger partial charge >= 0.3 is 5.97 Å². The fraction of sp³-hybridized carbons (Fsp3) is 0.263. The van der Waals surface area contributed by atoms with Crippen LogP contribution in [0.3, 0.4) is 0 Å². The van der Waals surface area contributed by atoms with Gasteiger partial charge in [-0.25, -0.2) is 4.79 Å². The van der Waals surface area contributed by atoms with Crippen LogP contribution in [0.5, 0.6) is 11.5 Å².